The molecule has 4 aromatic rings. The van der Waals surface area contributed by atoms with Gasteiger partial charge in [-0.3, -0.25) is 28.9 Å². The lowest BCUT2D eigenvalue weighted by Gasteiger charge is -2.35. The van der Waals surface area contributed by atoms with E-state index < -0.39 is 5.41 Å². The van der Waals surface area contributed by atoms with Gasteiger partial charge in [-0.05, 0) is 82.3 Å². The van der Waals surface area contributed by atoms with Gasteiger partial charge in [0.2, 0.25) is 5.88 Å². The SMILES string of the molecule is CNCC(=O)Oc1cc2c(n1C(C)C)N(c1cccnc1)/C(=C\C=C1/C(=O)N=C3C=CC=CN31)C2(c1ccc(C)cc1)c1ccc(C)cc1. The van der Waals surface area contributed by atoms with Crippen LogP contribution in [0.3, 0.4) is 0 Å². The van der Waals surface area contributed by atoms with E-state index in [9.17, 15) is 9.59 Å². The van der Waals surface area contributed by atoms with E-state index in [1.165, 1.54) is 0 Å². The van der Waals surface area contributed by atoms with Gasteiger partial charge in [0.05, 0.1) is 23.8 Å². The van der Waals surface area contributed by atoms with Crippen molar-refractivity contribution in [1.29, 1.82) is 0 Å². The molecule has 0 saturated heterocycles. The molecule has 5 heterocycles. The summed E-state index contributed by atoms with van der Waals surface area (Å²) in [6.07, 6.45) is 14.9. The average molecular weight is 651 g/mol. The van der Waals surface area contributed by atoms with Crippen molar-refractivity contribution in [2.24, 2.45) is 4.99 Å². The first-order valence-electron chi connectivity index (χ1n) is 16.4. The van der Waals surface area contributed by atoms with Gasteiger partial charge in [0, 0.05) is 35.8 Å². The number of amides is 1. The molecule has 0 bridgehead atoms. The number of carbonyl (C=O) groups is 2. The molecule has 0 radical (unpaired) electrons. The van der Waals surface area contributed by atoms with Crippen molar-refractivity contribution >= 4 is 29.2 Å². The molecule has 7 rings (SSSR count). The van der Waals surface area contributed by atoms with Crippen LogP contribution in [0.1, 0.15) is 47.7 Å². The summed E-state index contributed by atoms with van der Waals surface area (Å²) < 4.78 is 8.16. The largest absolute Gasteiger partial charge is 0.408 e. The van der Waals surface area contributed by atoms with Gasteiger partial charge >= 0.3 is 5.97 Å². The highest BCUT2D eigenvalue weighted by atomic mass is 16.5. The number of fused-ring (bicyclic) bond motifs is 2. The fourth-order valence-corrected chi connectivity index (χ4v) is 6.92. The zero-order chi connectivity index (χ0) is 34.3. The normalized spacial score (nSPS) is 17.7. The lowest BCUT2D eigenvalue weighted by atomic mass is 9.69. The Labute approximate surface area is 286 Å². The van der Waals surface area contributed by atoms with Crippen LogP contribution in [0.5, 0.6) is 5.88 Å². The number of aliphatic imine (C=N–C) groups is 1. The van der Waals surface area contributed by atoms with Crippen molar-refractivity contribution < 1.29 is 14.3 Å². The number of nitrogens with zero attached hydrogens (tertiary/aromatic N) is 5. The van der Waals surface area contributed by atoms with Crippen molar-refractivity contribution in [2.75, 3.05) is 18.5 Å². The second-order valence-corrected chi connectivity index (χ2v) is 12.7. The van der Waals surface area contributed by atoms with Crippen LogP contribution in [-0.4, -0.2) is 45.8 Å². The second-order valence-electron chi connectivity index (χ2n) is 12.7. The van der Waals surface area contributed by atoms with Crippen molar-refractivity contribution in [3.05, 3.63) is 155 Å². The summed E-state index contributed by atoms with van der Waals surface area (Å²) in [4.78, 5) is 39.1. The summed E-state index contributed by atoms with van der Waals surface area (Å²) in [5, 5.41) is 2.90. The summed E-state index contributed by atoms with van der Waals surface area (Å²) in [7, 11) is 1.72. The number of likely N-dealkylation sites (N-methyl/N-ethyl adjacent to an activating group) is 1. The number of anilines is 2. The molecule has 2 aromatic heterocycles. The number of pyridine rings is 1. The smallest absolute Gasteiger partial charge is 0.326 e. The maximum absolute atomic E-state index is 13.3. The van der Waals surface area contributed by atoms with E-state index in [1.54, 1.807) is 13.2 Å². The molecule has 3 aliphatic rings. The summed E-state index contributed by atoms with van der Waals surface area (Å²) in [5.41, 5.74) is 6.47. The minimum atomic E-state index is -0.906. The second kappa shape index (κ2) is 12.7. The van der Waals surface area contributed by atoms with Gasteiger partial charge in [0.1, 0.15) is 17.4 Å². The van der Waals surface area contributed by atoms with E-state index in [0.29, 0.717) is 17.4 Å². The number of aryl methyl sites for hydroxylation is 2. The predicted octanol–water partition coefficient (Wildman–Crippen LogP) is 6.78. The molecule has 49 heavy (non-hydrogen) atoms. The molecule has 246 valence electrons. The fourth-order valence-electron chi connectivity index (χ4n) is 6.92. The minimum Gasteiger partial charge on any atom is -0.408 e. The molecule has 0 spiro atoms. The first kappa shape index (κ1) is 31.8. The van der Waals surface area contributed by atoms with Crippen LogP contribution in [0.2, 0.25) is 0 Å². The molecule has 1 N–H and O–H groups in total. The molecule has 0 saturated carbocycles. The number of ether oxygens (including phenoxy) is 1. The summed E-state index contributed by atoms with van der Waals surface area (Å²) in [6, 6.07) is 22.9. The Hall–Kier alpha value is -5.80. The molecular weight excluding hydrogens is 612 g/mol. The molecule has 0 unspecified atom stereocenters. The summed E-state index contributed by atoms with van der Waals surface area (Å²) >= 11 is 0. The topological polar surface area (TPSA) is 92.1 Å². The number of benzene rings is 2. The quantitative estimate of drug-likeness (QED) is 0.166. The molecule has 1 amide bonds. The van der Waals surface area contributed by atoms with Crippen molar-refractivity contribution in [1.82, 2.24) is 19.8 Å². The zero-order valence-electron chi connectivity index (χ0n) is 28.2. The lowest BCUT2D eigenvalue weighted by molar-refractivity contribution is -0.133. The monoisotopic (exact) mass is 650 g/mol. The number of aromatic nitrogens is 2. The molecule has 9 nitrogen and oxygen atoms in total. The van der Waals surface area contributed by atoms with E-state index in [4.69, 9.17) is 4.74 Å². The van der Waals surface area contributed by atoms with Gasteiger partial charge in [-0.1, -0.05) is 65.7 Å². The third-order valence-electron chi connectivity index (χ3n) is 9.08. The highest BCUT2D eigenvalue weighted by molar-refractivity contribution is 6.15. The Kier molecular flexibility index (Phi) is 8.22. The van der Waals surface area contributed by atoms with E-state index >= 15 is 0 Å². The standard InChI is InChI=1S/C40H38N6O3/c1-26(2)45-36(49-37(47)25-41-5)23-32-39(45)46(31-9-8-21-42-24-31)34(20-19-33-38(48)43-35-10-6-7-22-44(33)35)40(32,29-15-11-27(3)12-16-29)30-17-13-28(4)14-18-30/h6-24,26,41H,25H2,1-5H3/b33-19+,34-20-. The Morgan fingerprint density at radius 2 is 1.67 bits per heavy atom. The minimum absolute atomic E-state index is 0.0677. The lowest BCUT2D eigenvalue weighted by Crippen LogP contribution is -2.33. The van der Waals surface area contributed by atoms with Crippen LogP contribution in [0, 0.1) is 13.8 Å². The molecule has 3 aliphatic heterocycles. The Bertz CT molecular complexity index is 2040. The number of hydrogen-bond donors (Lipinski definition) is 1. The average Bonchev–Trinajstić information content (AvgIpc) is 3.71. The van der Waals surface area contributed by atoms with Gasteiger partial charge in [-0.25, -0.2) is 0 Å². The maximum atomic E-state index is 13.3. The molecular formula is C40H38N6O3. The van der Waals surface area contributed by atoms with Crippen LogP contribution in [0.25, 0.3) is 0 Å². The van der Waals surface area contributed by atoms with Crippen LogP contribution < -0.4 is 15.0 Å². The Morgan fingerprint density at radius 1 is 0.980 bits per heavy atom. The number of carbonyl (C=O) groups excluding carboxylic acids is 2. The molecule has 2 aromatic carbocycles. The van der Waals surface area contributed by atoms with Gasteiger partial charge in [-0.15, -0.1) is 0 Å². The fraction of sp³-hybridized carbons (Fsp3) is 0.200. The van der Waals surface area contributed by atoms with Crippen molar-refractivity contribution in [3.63, 3.8) is 0 Å². The van der Waals surface area contributed by atoms with E-state index in [-0.39, 0.29) is 24.5 Å². The summed E-state index contributed by atoms with van der Waals surface area (Å²) in [5.74, 6) is 1.18. The maximum Gasteiger partial charge on any atom is 0.326 e. The predicted molar refractivity (Wildman–Crippen MR) is 192 cm³/mol. The van der Waals surface area contributed by atoms with E-state index in [0.717, 1.165) is 45.0 Å². The molecule has 9 heteroatoms. The third-order valence-corrected chi connectivity index (χ3v) is 9.08. The number of hydrogen-bond acceptors (Lipinski definition) is 7. The van der Waals surface area contributed by atoms with Gasteiger partial charge in [0.25, 0.3) is 5.91 Å². The molecule has 0 aliphatic carbocycles. The number of allylic oxidation sites excluding steroid dienone is 5. The first-order chi connectivity index (χ1) is 23.7. The van der Waals surface area contributed by atoms with E-state index in [2.05, 4.69) is 101 Å². The molecule has 0 fully saturated rings. The third kappa shape index (κ3) is 5.32. The first-order valence-corrected chi connectivity index (χ1v) is 16.4. The van der Waals surface area contributed by atoms with Crippen molar-refractivity contribution in [2.45, 2.75) is 39.2 Å². The molecule has 0 atom stereocenters. The number of rotatable bonds is 8. The van der Waals surface area contributed by atoms with E-state index in [1.807, 2.05) is 65.9 Å². The highest BCUT2D eigenvalue weighted by Gasteiger charge is 2.53. The van der Waals surface area contributed by atoms with Gasteiger partial charge < -0.3 is 10.1 Å². The zero-order valence-corrected chi connectivity index (χ0v) is 28.2. The van der Waals surface area contributed by atoms with Crippen LogP contribution in [0.4, 0.5) is 11.5 Å². The Morgan fingerprint density at radius 3 is 2.29 bits per heavy atom. The van der Waals surface area contributed by atoms with Crippen molar-refractivity contribution in [3.8, 4) is 5.88 Å². The number of amidine groups is 1. The number of nitrogens with one attached hydrogen (secondary N) is 1. The van der Waals surface area contributed by atoms with Gasteiger partial charge in [-0.2, -0.15) is 4.99 Å². The van der Waals surface area contributed by atoms with Crippen LogP contribution in [0.15, 0.2) is 132 Å². The van der Waals surface area contributed by atoms with Gasteiger partial charge in [0.15, 0.2) is 0 Å². The number of esters is 1. The van der Waals surface area contributed by atoms with Crippen LogP contribution in [-0.2, 0) is 15.0 Å². The summed E-state index contributed by atoms with van der Waals surface area (Å²) in [6.45, 7) is 8.37. The van der Waals surface area contributed by atoms with Crippen LogP contribution >= 0.6 is 0 Å². The Balaban J connectivity index is 1.60. The highest BCUT2D eigenvalue weighted by Crippen LogP contribution is 2.60.